The Kier molecular flexibility index (Phi) is 16.4. The lowest BCUT2D eigenvalue weighted by atomic mass is 10.2. The van der Waals surface area contributed by atoms with E-state index < -0.39 is 0 Å². The van der Waals surface area contributed by atoms with Crippen molar-refractivity contribution in [1.82, 2.24) is 9.80 Å². The zero-order chi connectivity index (χ0) is 21.2. The van der Waals surface area contributed by atoms with E-state index in [-0.39, 0.29) is 5.91 Å². The first-order valence-electron chi connectivity index (χ1n) is 11.4. The van der Waals surface area contributed by atoms with Crippen LogP contribution < -0.4 is 0 Å². The third-order valence-electron chi connectivity index (χ3n) is 5.21. The van der Waals surface area contributed by atoms with Gasteiger partial charge in [-0.25, -0.2) is 0 Å². The number of carbonyl (C=O) groups is 1. The second-order valence-electron chi connectivity index (χ2n) is 7.86. The molecule has 1 heterocycles. The number of ether oxygens (including phenoxy) is 4. The first-order valence-corrected chi connectivity index (χ1v) is 11.4. The van der Waals surface area contributed by atoms with Crippen LogP contribution in [-0.4, -0.2) is 101 Å². The standard InChI is InChI=1S/C22H44N2O5/c1-21(2)23-10-12-24(13-11-23)22(25)9-8-16-28-18-20-29-19-17-27-15-7-5-4-6-14-26-3/h21H,4-20H2,1-3H3. The molecule has 1 fully saturated rings. The van der Waals surface area contributed by atoms with Gasteiger partial charge in [0, 0.05) is 65.6 Å². The van der Waals surface area contributed by atoms with Crippen LogP contribution in [0.5, 0.6) is 0 Å². The molecule has 1 aliphatic rings. The summed E-state index contributed by atoms with van der Waals surface area (Å²) in [5.74, 6) is 0.254. The number of unbranched alkanes of at least 4 members (excludes halogenated alkanes) is 3. The van der Waals surface area contributed by atoms with Gasteiger partial charge in [-0.3, -0.25) is 9.69 Å². The molecule has 0 spiro atoms. The van der Waals surface area contributed by atoms with Gasteiger partial charge in [0.2, 0.25) is 5.91 Å². The molecule has 0 unspecified atom stereocenters. The SMILES string of the molecule is COCCCCCCOCCOCCOCCCC(=O)N1CCN(C(C)C)CC1. The molecular weight excluding hydrogens is 372 g/mol. The number of methoxy groups -OCH3 is 1. The van der Waals surface area contributed by atoms with E-state index in [1.807, 2.05) is 4.90 Å². The lowest BCUT2D eigenvalue weighted by Gasteiger charge is -2.37. The highest BCUT2D eigenvalue weighted by Crippen LogP contribution is 2.08. The van der Waals surface area contributed by atoms with Crippen molar-refractivity contribution < 1.29 is 23.7 Å². The van der Waals surface area contributed by atoms with Crippen molar-refractivity contribution in [3.05, 3.63) is 0 Å². The van der Waals surface area contributed by atoms with Crippen molar-refractivity contribution in [3.8, 4) is 0 Å². The molecule has 172 valence electrons. The maximum atomic E-state index is 12.2. The van der Waals surface area contributed by atoms with Gasteiger partial charge in [-0.05, 0) is 33.1 Å². The van der Waals surface area contributed by atoms with Gasteiger partial charge >= 0.3 is 0 Å². The first kappa shape index (κ1) is 26.3. The lowest BCUT2D eigenvalue weighted by molar-refractivity contribution is -0.133. The Hall–Kier alpha value is -0.730. The lowest BCUT2D eigenvalue weighted by Crippen LogP contribution is -2.50. The Morgan fingerprint density at radius 1 is 0.724 bits per heavy atom. The number of amides is 1. The van der Waals surface area contributed by atoms with Crippen LogP contribution in [0.3, 0.4) is 0 Å². The van der Waals surface area contributed by atoms with Crippen LogP contribution in [0.2, 0.25) is 0 Å². The van der Waals surface area contributed by atoms with Gasteiger partial charge in [0.05, 0.1) is 26.4 Å². The van der Waals surface area contributed by atoms with E-state index in [0.717, 1.165) is 58.7 Å². The van der Waals surface area contributed by atoms with E-state index in [0.29, 0.717) is 45.5 Å². The number of piperazine rings is 1. The number of nitrogens with zero attached hydrogens (tertiary/aromatic N) is 2. The molecule has 29 heavy (non-hydrogen) atoms. The van der Waals surface area contributed by atoms with Gasteiger partial charge in [0.1, 0.15) is 0 Å². The predicted octanol–water partition coefficient (Wildman–Crippen LogP) is 2.58. The molecule has 1 rings (SSSR count). The Labute approximate surface area is 178 Å². The monoisotopic (exact) mass is 416 g/mol. The smallest absolute Gasteiger partial charge is 0.222 e. The third kappa shape index (κ3) is 14.0. The van der Waals surface area contributed by atoms with Crippen LogP contribution in [0, 0.1) is 0 Å². The maximum Gasteiger partial charge on any atom is 0.222 e. The van der Waals surface area contributed by atoms with Crippen LogP contribution in [-0.2, 0) is 23.7 Å². The zero-order valence-electron chi connectivity index (χ0n) is 19.0. The molecule has 0 radical (unpaired) electrons. The van der Waals surface area contributed by atoms with E-state index in [4.69, 9.17) is 18.9 Å². The molecule has 0 saturated carbocycles. The largest absolute Gasteiger partial charge is 0.385 e. The van der Waals surface area contributed by atoms with Crippen LogP contribution >= 0.6 is 0 Å². The molecule has 0 N–H and O–H groups in total. The molecule has 7 heteroatoms. The van der Waals surface area contributed by atoms with Gasteiger partial charge in [-0.15, -0.1) is 0 Å². The summed E-state index contributed by atoms with van der Waals surface area (Å²) in [7, 11) is 1.74. The van der Waals surface area contributed by atoms with E-state index >= 15 is 0 Å². The van der Waals surface area contributed by atoms with E-state index in [1.54, 1.807) is 7.11 Å². The summed E-state index contributed by atoms with van der Waals surface area (Å²) in [5.41, 5.74) is 0. The highest BCUT2D eigenvalue weighted by Gasteiger charge is 2.21. The minimum absolute atomic E-state index is 0.254. The molecule has 7 nitrogen and oxygen atoms in total. The van der Waals surface area contributed by atoms with Gasteiger partial charge in [-0.1, -0.05) is 12.8 Å². The van der Waals surface area contributed by atoms with Gasteiger partial charge in [0.25, 0.3) is 0 Å². The van der Waals surface area contributed by atoms with E-state index in [2.05, 4.69) is 18.7 Å². The summed E-state index contributed by atoms with van der Waals surface area (Å²) in [5, 5.41) is 0. The van der Waals surface area contributed by atoms with Gasteiger partial charge in [0.15, 0.2) is 0 Å². The number of carbonyl (C=O) groups excluding carboxylic acids is 1. The molecule has 0 aromatic rings. The summed E-state index contributed by atoms with van der Waals surface area (Å²) >= 11 is 0. The van der Waals surface area contributed by atoms with Crippen molar-refractivity contribution in [2.45, 2.75) is 58.4 Å². The summed E-state index contributed by atoms with van der Waals surface area (Å²) in [6.45, 7) is 12.7. The van der Waals surface area contributed by atoms with Crippen molar-refractivity contribution in [2.75, 3.05) is 79.5 Å². The summed E-state index contributed by atoms with van der Waals surface area (Å²) < 4.78 is 21.6. The summed E-state index contributed by atoms with van der Waals surface area (Å²) in [6.07, 6.45) is 5.96. The molecule has 0 atom stereocenters. The van der Waals surface area contributed by atoms with Crippen molar-refractivity contribution >= 4 is 5.91 Å². The minimum Gasteiger partial charge on any atom is -0.385 e. The van der Waals surface area contributed by atoms with Crippen LogP contribution in [0.25, 0.3) is 0 Å². The molecule has 1 aliphatic heterocycles. The summed E-state index contributed by atoms with van der Waals surface area (Å²) in [6, 6.07) is 0.561. The van der Waals surface area contributed by atoms with Crippen molar-refractivity contribution in [1.29, 1.82) is 0 Å². The molecule has 1 amide bonds. The maximum absolute atomic E-state index is 12.2. The Morgan fingerprint density at radius 2 is 1.24 bits per heavy atom. The Morgan fingerprint density at radius 3 is 1.79 bits per heavy atom. The minimum atomic E-state index is 0.254. The second kappa shape index (κ2) is 18.1. The summed E-state index contributed by atoms with van der Waals surface area (Å²) in [4.78, 5) is 16.6. The predicted molar refractivity (Wildman–Crippen MR) is 115 cm³/mol. The molecule has 0 aromatic carbocycles. The molecule has 0 bridgehead atoms. The normalized spacial score (nSPS) is 15.4. The zero-order valence-corrected chi connectivity index (χ0v) is 19.0. The van der Waals surface area contributed by atoms with Crippen LogP contribution in [0.4, 0.5) is 0 Å². The third-order valence-corrected chi connectivity index (χ3v) is 5.21. The fourth-order valence-electron chi connectivity index (χ4n) is 3.32. The van der Waals surface area contributed by atoms with Gasteiger partial charge < -0.3 is 23.8 Å². The molecule has 0 aromatic heterocycles. The van der Waals surface area contributed by atoms with Crippen molar-refractivity contribution in [2.24, 2.45) is 0 Å². The van der Waals surface area contributed by atoms with E-state index in [9.17, 15) is 4.79 Å². The quantitative estimate of drug-likeness (QED) is 0.320. The molecule has 0 aliphatic carbocycles. The number of rotatable bonds is 18. The fourth-order valence-corrected chi connectivity index (χ4v) is 3.32. The topological polar surface area (TPSA) is 60.5 Å². The molecular formula is C22H44N2O5. The van der Waals surface area contributed by atoms with Crippen LogP contribution in [0.1, 0.15) is 52.4 Å². The average molecular weight is 417 g/mol. The number of hydrogen-bond acceptors (Lipinski definition) is 6. The second-order valence-corrected chi connectivity index (χ2v) is 7.86. The van der Waals surface area contributed by atoms with E-state index in [1.165, 1.54) is 12.8 Å². The van der Waals surface area contributed by atoms with Crippen molar-refractivity contribution in [3.63, 3.8) is 0 Å². The average Bonchev–Trinajstić information content (AvgIpc) is 2.73. The number of hydrogen-bond donors (Lipinski definition) is 0. The van der Waals surface area contributed by atoms with Crippen LogP contribution in [0.15, 0.2) is 0 Å². The fraction of sp³-hybridized carbons (Fsp3) is 0.955. The molecule has 1 saturated heterocycles. The highest BCUT2D eigenvalue weighted by molar-refractivity contribution is 5.76. The van der Waals surface area contributed by atoms with Gasteiger partial charge in [-0.2, -0.15) is 0 Å². The highest BCUT2D eigenvalue weighted by atomic mass is 16.5. The first-order chi connectivity index (χ1) is 14.1. The Balaban J connectivity index is 1.79. The Bertz CT molecular complexity index is 387.